The van der Waals surface area contributed by atoms with Crippen LogP contribution in [0, 0.1) is 0 Å². The van der Waals surface area contributed by atoms with Gasteiger partial charge in [-0.2, -0.15) is 0 Å². The van der Waals surface area contributed by atoms with Crippen molar-refractivity contribution in [1.82, 2.24) is 5.32 Å². The van der Waals surface area contributed by atoms with Gasteiger partial charge in [-0.25, -0.2) is 4.57 Å². The van der Waals surface area contributed by atoms with Gasteiger partial charge < -0.3 is 19.4 Å². The van der Waals surface area contributed by atoms with E-state index in [-0.39, 0.29) is 37.9 Å². The van der Waals surface area contributed by atoms with Crippen LogP contribution in [-0.2, 0) is 27.9 Å². The van der Waals surface area contributed by atoms with Crippen molar-refractivity contribution in [3.8, 4) is 0 Å². The van der Waals surface area contributed by atoms with Gasteiger partial charge in [0.05, 0.1) is 33.8 Å². The lowest BCUT2D eigenvalue weighted by atomic mass is 10.0. The zero-order chi connectivity index (χ0) is 63.5. The molecular formula is C77H138N2O7P+. The molecule has 9 nitrogen and oxygen atoms in total. The van der Waals surface area contributed by atoms with Crippen LogP contribution in [0.5, 0.6) is 0 Å². The van der Waals surface area contributed by atoms with Gasteiger partial charge in [0.25, 0.3) is 0 Å². The predicted octanol–water partition coefficient (Wildman–Crippen LogP) is 23.2. The largest absolute Gasteiger partial charge is 0.472 e. The Morgan fingerprint density at radius 1 is 0.414 bits per heavy atom. The van der Waals surface area contributed by atoms with E-state index in [0.29, 0.717) is 17.4 Å². The SMILES string of the molecule is CC/C=C\C/C=C\C/C=C\C/C=C\C/C=C\C/C=C\CCCCC(=O)NC(COP(=O)(O)OCC[N+](C)(C)C)C(/C=C\CCCCCCCCCCCCC)OC(=O)CCCCCCCCCCCCCCCCCCC/C=C\C/C=C\CCCCC. The third kappa shape index (κ3) is 66.9. The molecule has 3 unspecified atom stereocenters. The molecule has 3 atom stereocenters. The highest BCUT2D eigenvalue weighted by Gasteiger charge is 2.30. The van der Waals surface area contributed by atoms with Crippen LogP contribution >= 0.6 is 7.82 Å². The minimum Gasteiger partial charge on any atom is -0.456 e. The molecule has 0 aromatic carbocycles. The Balaban J connectivity index is 5.12. The monoisotopic (exact) mass is 1230 g/mol. The number of phosphoric acid groups is 1. The number of allylic oxidation sites excluding steroid dienone is 17. The first-order valence-electron chi connectivity index (χ1n) is 36.2. The number of carbonyl (C=O) groups excluding carboxylic acids is 2. The minimum atomic E-state index is -4.47. The third-order valence-corrected chi connectivity index (χ3v) is 16.7. The number of carbonyl (C=O) groups is 2. The van der Waals surface area contributed by atoms with Crippen molar-refractivity contribution < 1.29 is 37.3 Å². The molecular weight excluding hydrogens is 1100 g/mol. The number of esters is 1. The smallest absolute Gasteiger partial charge is 0.456 e. The summed E-state index contributed by atoms with van der Waals surface area (Å²) in [5.74, 6) is -0.551. The number of unbranched alkanes of at least 4 members (excludes halogenated alkanes) is 33. The van der Waals surface area contributed by atoms with Crippen LogP contribution in [0.15, 0.2) is 109 Å². The lowest BCUT2D eigenvalue weighted by molar-refractivity contribution is -0.870. The normalized spacial score (nSPS) is 14.1. The van der Waals surface area contributed by atoms with Crippen LogP contribution in [-0.4, -0.2) is 74.3 Å². The van der Waals surface area contributed by atoms with E-state index in [1.807, 2.05) is 33.3 Å². The first-order valence-corrected chi connectivity index (χ1v) is 37.7. The second-order valence-electron chi connectivity index (χ2n) is 25.4. The van der Waals surface area contributed by atoms with Crippen molar-refractivity contribution in [3.05, 3.63) is 109 Å². The molecule has 0 heterocycles. The second kappa shape index (κ2) is 65.6. The maximum Gasteiger partial charge on any atom is 0.472 e. The second-order valence-corrected chi connectivity index (χ2v) is 26.8. The fourth-order valence-corrected chi connectivity index (χ4v) is 10.9. The molecule has 2 N–H and O–H groups in total. The zero-order valence-corrected chi connectivity index (χ0v) is 58.4. The molecule has 0 aromatic heterocycles. The Labute approximate surface area is 538 Å². The van der Waals surface area contributed by atoms with E-state index in [0.717, 1.165) is 96.3 Å². The Morgan fingerprint density at radius 2 is 0.736 bits per heavy atom. The van der Waals surface area contributed by atoms with E-state index in [2.05, 4.69) is 123 Å². The average Bonchev–Trinajstić information content (AvgIpc) is 3.69. The maximum absolute atomic E-state index is 13.6. The number of ether oxygens (including phenoxy) is 1. The number of phosphoric ester groups is 1. The highest BCUT2D eigenvalue weighted by atomic mass is 31.2. The summed E-state index contributed by atoms with van der Waals surface area (Å²) in [7, 11) is 1.46. The first-order chi connectivity index (χ1) is 42.4. The van der Waals surface area contributed by atoms with Crippen molar-refractivity contribution in [2.75, 3.05) is 40.9 Å². The zero-order valence-electron chi connectivity index (χ0n) is 57.5. The number of amides is 1. The molecule has 10 heteroatoms. The minimum absolute atomic E-state index is 0.0277. The van der Waals surface area contributed by atoms with E-state index < -0.39 is 20.0 Å². The lowest BCUT2D eigenvalue weighted by Crippen LogP contribution is -2.47. The Kier molecular flexibility index (Phi) is 63.1. The van der Waals surface area contributed by atoms with Gasteiger partial charge in [-0.05, 0) is 115 Å². The molecule has 0 aliphatic rings. The number of likely N-dealkylation sites (N-methyl/N-ethyl adjacent to an activating group) is 1. The van der Waals surface area contributed by atoms with Crippen molar-refractivity contribution >= 4 is 19.7 Å². The van der Waals surface area contributed by atoms with Crippen LogP contribution < -0.4 is 5.32 Å². The molecule has 0 rings (SSSR count). The standard InChI is InChI=1S/C77H137N2O7P/c1-7-10-13-16-19-22-25-28-30-32-34-36-37-38-39-40-41-43-45-47-49-52-55-58-61-64-67-70-77(81)86-75(68-65-62-59-56-53-50-27-24-21-18-15-12-9-3)74(73-85-87(82,83)84-72-71-79(4,5)6)78-76(80)69-66-63-60-57-54-51-48-46-44-42-35-33-31-29-26-23-20-17-14-11-8-2/h11,14,19-20,22-23,28-31,35,42,46,48,54,57,65,68,74-75H,7-10,12-13,15-18,21,24-27,32-34,36-41,43-45,47,49-53,55-56,58-64,66-67,69-73H2,1-6H3,(H-,78,80,82,83)/p+1/b14-11-,22-19-,23-20-,30-28-,31-29-,42-35-,48-46-,57-54-,68-65-. The Hall–Kier alpha value is -3.33. The highest BCUT2D eigenvalue weighted by Crippen LogP contribution is 2.43. The van der Waals surface area contributed by atoms with Gasteiger partial charge in [-0.15, -0.1) is 0 Å². The molecule has 0 spiro atoms. The fourth-order valence-electron chi connectivity index (χ4n) is 10.2. The Morgan fingerprint density at radius 3 is 1.14 bits per heavy atom. The summed E-state index contributed by atoms with van der Waals surface area (Å²) in [6, 6.07) is -0.878. The van der Waals surface area contributed by atoms with E-state index >= 15 is 0 Å². The number of hydrogen-bond donors (Lipinski definition) is 2. The summed E-state index contributed by atoms with van der Waals surface area (Å²) in [5.41, 5.74) is 0. The van der Waals surface area contributed by atoms with Crippen molar-refractivity contribution in [2.24, 2.45) is 0 Å². The van der Waals surface area contributed by atoms with Gasteiger partial charge in [0.1, 0.15) is 19.3 Å². The van der Waals surface area contributed by atoms with Crippen LogP contribution in [0.1, 0.15) is 316 Å². The molecule has 0 fully saturated rings. The van der Waals surface area contributed by atoms with E-state index in [1.54, 1.807) is 0 Å². The number of quaternary nitrogens is 1. The fraction of sp³-hybridized carbons (Fsp3) is 0.740. The molecule has 502 valence electrons. The summed E-state index contributed by atoms with van der Waals surface area (Å²) >= 11 is 0. The highest BCUT2D eigenvalue weighted by molar-refractivity contribution is 7.47. The van der Waals surface area contributed by atoms with Crippen molar-refractivity contribution in [1.29, 1.82) is 0 Å². The molecule has 0 radical (unpaired) electrons. The maximum atomic E-state index is 13.6. The van der Waals surface area contributed by atoms with Crippen molar-refractivity contribution in [2.45, 2.75) is 328 Å². The molecule has 0 aromatic rings. The molecule has 87 heavy (non-hydrogen) atoms. The molecule has 1 amide bonds. The first kappa shape index (κ1) is 83.7. The quantitative estimate of drug-likeness (QED) is 0.0205. The van der Waals surface area contributed by atoms with Gasteiger partial charge in [0, 0.05) is 12.8 Å². The molecule has 0 aliphatic carbocycles. The van der Waals surface area contributed by atoms with Gasteiger partial charge in [0.15, 0.2) is 0 Å². The van der Waals surface area contributed by atoms with Gasteiger partial charge in [-0.3, -0.25) is 18.6 Å². The molecule has 0 aliphatic heterocycles. The third-order valence-electron chi connectivity index (χ3n) is 15.7. The van der Waals surface area contributed by atoms with Gasteiger partial charge in [0.2, 0.25) is 5.91 Å². The molecule has 0 saturated carbocycles. The number of nitrogens with one attached hydrogen (secondary N) is 1. The summed E-state index contributed by atoms with van der Waals surface area (Å²) in [4.78, 5) is 37.9. The van der Waals surface area contributed by atoms with E-state index in [9.17, 15) is 19.0 Å². The Bertz CT molecular complexity index is 1860. The van der Waals surface area contributed by atoms with E-state index in [1.165, 1.54) is 180 Å². The van der Waals surface area contributed by atoms with Crippen LogP contribution in [0.3, 0.4) is 0 Å². The summed E-state index contributed by atoms with van der Waals surface area (Å²) in [6.45, 7) is 6.86. The molecule has 0 bridgehead atoms. The summed E-state index contributed by atoms with van der Waals surface area (Å²) in [6.07, 6.45) is 91.1. The van der Waals surface area contributed by atoms with Crippen LogP contribution in [0.2, 0.25) is 0 Å². The summed E-state index contributed by atoms with van der Waals surface area (Å²) < 4.78 is 30.8. The number of hydrogen-bond acceptors (Lipinski definition) is 6. The van der Waals surface area contributed by atoms with E-state index in [4.69, 9.17) is 13.8 Å². The number of nitrogens with zero attached hydrogens (tertiary/aromatic N) is 1. The van der Waals surface area contributed by atoms with Crippen LogP contribution in [0.25, 0.3) is 0 Å². The molecule has 0 saturated heterocycles. The topological polar surface area (TPSA) is 111 Å². The predicted molar refractivity (Wildman–Crippen MR) is 378 cm³/mol. The van der Waals surface area contributed by atoms with Crippen LogP contribution in [0.4, 0.5) is 0 Å². The lowest BCUT2D eigenvalue weighted by Gasteiger charge is -2.27. The summed E-state index contributed by atoms with van der Waals surface area (Å²) in [5, 5.41) is 3.05. The average molecular weight is 1230 g/mol. The van der Waals surface area contributed by atoms with Crippen molar-refractivity contribution in [3.63, 3.8) is 0 Å². The van der Waals surface area contributed by atoms with Gasteiger partial charge in [-0.1, -0.05) is 297 Å². The van der Waals surface area contributed by atoms with Gasteiger partial charge >= 0.3 is 13.8 Å². The number of rotatable bonds is 65.